The van der Waals surface area contributed by atoms with Crippen molar-refractivity contribution in [1.29, 1.82) is 0 Å². The fourth-order valence-corrected chi connectivity index (χ4v) is 4.21. The molecule has 1 aliphatic heterocycles. The summed E-state index contributed by atoms with van der Waals surface area (Å²) in [6, 6.07) is 14.1. The first-order valence-electron chi connectivity index (χ1n) is 9.37. The molecule has 7 nitrogen and oxygen atoms in total. The third kappa shape index (κ3) is 5.08. The normalized spacial score (nSPS) is 18.1. The van der Waals surface area contributed by atoms with Crippen LogP contribution in [0.4, 0.5) is 5.69 Å². The monoisotopic (exact) mass is 410 g/mol. The molecule has 0 unspecified atom stereocenters. The number of non-ortho nitro benzene ring substituents is 1. The van der Waals surface area contributed by atoms with Crippen LogP contribution in [0.25, 0.3) is 0 Å². The summed E-state index contributed by atoms with van der Waals surface area (Å²) >= 11 is 1.42. The van der Waals surface area contributed by atoms with Gasteiger partial charge in [0.1, 0.15) is 0 Å². The maximum absolute atomic E-state index is 12.9. The van der Waals surface area contributed by atoms with Gasteiger partial charge in [-0.2, -0.15) is 5.10 Å². The Bertz CT molecular complexity index is 974. The van der Waals surface area contributed by atoms with Gasteiger partial charge in [0.2, 0.25) is 5.91 Å². The third-order valence-electron chi connectivity index (χ3n) is 4.59. The molecule has 2 aromatic rings. The van der Waals surface area contributed by atoms with Gasteiger partial charge in [-0.25, -0.2) is 0 Å². The molecule has 0 N–H and O–H groups in total. The highest BCUT2D eigenvalue weighted by molar-refractivity contribution is 8.15. The highest BCUT2D eigenvalue weighted by Crippen LogP contribution is 2.32. The maximum Gasteiger partial charge on any atom is 0.270 e. The number of amides is 1. The van der Waals surface area contributed by atoms with Gasteiger partial charge in [0.15, 0.2) is 5.17 Å². The Labute approximate surface area is 173 Å². The van der Waals surface area contributed by atoms with Crippen molar-refractivity contribution in [2.24, 2.45) is 10.2 Å². The lowest BCUT2D eigenvalue weighted by atomic mass is 10.1. The number of rotatable bonds is 7. The van der Waals surface area contributed by atoms with Crippen LogP contribution in [0.2, 0.25) is 0 Å². The summed E-state index contributed by atoms with van der Waals surface area (Å²) in [6.07, 6.45) is 3.15. The molecule has 0 saturated carbocycles. The highest BCUT2D eigenvalue weighted by atomic mass is 32.2. The molecule has 0 aromatic heterocycles. The molecule has 1 amide bonds. The smallest absolute Gasteiger partial charge is 0.270 e. The second-order valence-electron chi connectivity index (χ2n) is 6.73. The number of nitro groups is 1. The van der Waals surface area contributed by atoms with Crippen molar-refractivity contribution >= 4 is 34.7 Å². The van der Waals surface area contributed by atoms with Gasteiger partial charge in [0, 0.05) is 17.7 Å². The Hall–Kier alpha value is -3.00. The van der Waals surface area contributed by atoms with Gasteiger partial charge in [-0.15, -0.1) is 5.10 Å². The van der Waals surface area contributed by atoms with Crippen molar-refractivity contribution in [3.05, 3.63) is 75.3 Å². The summed E-state index contributed by atoms with van der Waals surface area (Å²) in [5.41, 5.74) is 2.75. The fourth-order valence-electron chi connectivity index (χ4n) is 3.00. The topological polar surface area (TPSA) is 88.2 Å². The predicted molar refractivity (Wildman–Crippen MR) is 116 cm³/mol. The number of thioether (sulfide) groups is 1. The van der Waals surface area contributed by atoms with Gasteiger partial charge in [0.25, 0.3) is 5.69 Å². The van der Waals surface area contributed by atoms with Crippen LogP contribution in [0.15, 0.2) is 58.7 Å². The summed E-state index contributed by atoms with van der Waals surface area (Å²) in [5, 5.41) is 19.7. The molecule has 2 aromatic carbocycles. The van der Waals surface area contributed by atoms with E-state index in [1.807, 2.05) is 31.2 Å². The molecule has 0 aliphatic carbocycles. The number of aryl methyl sites for hydroxylation is 1. The molecular formula is C21H22N4O3S. The molecule has 1 heterocycles. The fraction of sp³-hybridized carbons (Fsp3) is 0.286. The number of nitro benzene ring substituents is 1. The van der Waals surface area contributed by atoms with Crippen LogP contribution in [-0.4, -0.2) is 32.4 Å². The lowest BCUT2D eigenvalue weighted by Gasteiger charge is -2.17. The molecule has 8 heteroatoms. The second kappa shape index (κ2) is 9.47. The number of carbonyl (C=O) groups is 1. The molecular weight excluding hydrogens is 388 g/mol. The van der Waals surface area contributed by atoms with Crippen LogP contribution >= 0.6 is 11.8 Å². The number of hydrogen-bond donors (Lipinski definition) is 0. The van der Waals surface area contributed by atoms with E-state index in [1.54, 1.807) is 17.0 Å². The van der Waals surface area contributed by atoms with Crippen molar-refractivity contribution in [3.63, 3.8) is 0 Å². The Balaban J connectivity index is 1.83. The van der Waals surface area contributed by atoms with Gasteiger partial charge in [-0.3, -0.25) is 19.8 Å². The molecule has 150 valence electrons. The lowest BCUT2D eigenvalue weighted by molar-refractivity contribution is -0.384. The van der Waals surface area contributed by atoms with E-state index in [0.29, 0.717) is 17.3 Å². The van der Waals surface area contributed by atoms with E-state index < -0.39 is 4.92 Å². The number of amidine groups is 1. The van der Waals surface area contributed by atoms with Crippen molar-refractivity contribution in [3.8, 4) is 0 Å². The average Bonchev–Trinajstić information content (AvgIpc) is 2.99. The number of hydrogen-bond acceptors (Lipinski definition) is 6. The molecule has 0 spiro atoms. The van der Waals surface area contributed by atoms with Gasteiger partial charge < -0.3 is 0 Å². The average molecular weight is 410 g/mol. The van der Waals surface area contributed by atoms with E-state index in [9.17, 15) is 14.9 Å². The van der Waals surface area contributed by atoms with Crippen LogP contribution < -0.4 is 0 Å². The zero-order chi connectivity index (χ0) is 20.8. The number of benzene rings is 2. The summed E-state index contributed by atoms with van der Waals surface area (Å²) in [4.78, 5) is 25.0. The third-order valence-corrected chi connectivity index (χ3v) is 5.83. The molecule has 0 radical (unpaired) electrons. The predicted octanol–water partition coefficient (Wildman–Crippen LogP) is 4.54. The highest BCUT2D eigenvalue weighted by Gasteiger charge is 2.37. The first kappa shape index (κ1) is 20.7. The van der Waals surface area contributed by atoms with Crippen LogP contribution in [0, 0.1) is 17.0 Å². The molecule has 1 atom stereocenters. The van der Waals surface area contributed by atoms with Gasteiger partial charge >= 0.3 is 0 Å². The summed E-state index contributed by atoms with van der Waals surface area (Å²) in [5.74, 6) is 0.0457. The minimum Gasteiger partial charge on any atom is -0.284 e. The minimum atomic E-state index is -0.450. The Kier molecular flexibility index (Phi) is 6.77. The molecule has 1 saturated heterocycles. The summed E-state index contributed by atoms with van der Waals surface area (Å²) in [7, 11) is 0. The lowest BCUT2D eigenvalue weighted by Crippen LogP contribution is -2.31. The standard InChI is InChI=1S/C21H22N4O3S/c1-3-7-19-20(26)24(14-17-10-5-4-8-15(17)2)21(29-19)23-22-13-16-9-6-11-18(12-16)25(27)28/h4-6,8-13,19H,3,7,14H2,1-2H3/b22-13-,23-21+/t19-/m0/s1. The Morgan fingerprint density at radius 2 is 2.03 bits per heavy atom. The van der Waals surface area contributed by atoms with Crippen molar-refractivity contribution < 1.29 is 9.72 Å². The zero-order valence-electron chi connectivity index (χ0n) is 16.3. The van der Waals surface area contributed by atoms with E-state index in [1.165, 1.54) is 30.1 Å². The molecule has 1 aliphatic rings. The summed E-state index contributed by atoms with van der Waals surface area (Å²) in [6.45, 7) is 4.52. The molecule has 1 fully saturated rings. The van der Waals surface area contributed by atoms with Crippen molar-refractivity contribution in [2.75, 3.05) is 0 Å². The second-order valence-corrected chi connectivity index (χ2v) is 7.90. The first-order valence-corrected chi connectivity index (χ1v) is 10.3. The van der Waals surface area contributed by atoms with E-state index >= 15 is 0 Å². The molecule has 29 heavy (non-hydrogen) atoms. The Morgan fingerprint density at radius 1 is 1.24 bits per heavy atom. The van der Waals surface area contributed by atoms with E-state index in [2.05, 4.69) is 17.1 Å². The Morgan fingerprint density at radius 3 is 2.76 bits per heavy atom. The van der Waals surface area contributed by atoms with Crippen LogP contribution in [0.3, 0.4) is 0 Å². The molecule has 3 rings (SSSR count). The minimum absolute atomic E-state index is 0.00351. The number of nitrogens with zero attached hydrogens (tertiary/aromatic N) is 4. The zero-order valence-corrected chi connectivity index (χ0v) is 17.1. The quantitative estimate of drug-likeness (QED) is 0.381. The largest absolute Gasteiger partial charge is 0.284 e. The van der Waals surface area contributed by atoms with Crippen LogP contribution in [-0.2, 0) is 11.3 Å². The van der Waals surface area contributed by atoms with Gasteiger partial charge in [-0.05, 0) is 24.5 Å². The first-order chi connectivity index (χ1) is 14.0. The van der Waals surface area contributed by atoms with E-state index in [4.69, 9.17) is 0 Å². The van der Waals surface area contributed by atoms with E-state index in [0.717, 1.165) is 24.0 Å². The van der Waals surface area contributed by atoms with Crippen molar-refractivity contribution in [1.82, 2.24) is 4.90 Å². The van der Waals surface area contributed by atoms with Crippen LogP contribution in [0.5, 0.6) is 0 Å². The van der Waals surface area contributed by atoms with Crippen molar-refractivity contribution in [2.45, 2.75) is 38.5 Å². The molecule has 0 bridgehead atoms. The SMILES string of the molecule is CCC[C@@H]1S/C(=N/N=C\c2cccc([N+](=O)[O-])c2)N(Cc2ccccc2C)C1=O. The van der Waals surface area contributed by atoms with E-state index in [-0.39, 0.29) is 16.8 Å². The number of carbonyl (C=O) groups excluding carboxylic acids is 1. The maximum atomic E-state index is 12.9. The summed E-state index contributed by atoms with van der Waals surface area (Å²) < 4.78 is 0. The van der Waals surface area contributed by atoms with Gasteiger partial charge in [-0.1, -0.05) is 61.5 Å². The van der Waals surface area contributed by atoms with Gasteiger partial charge in [0.05, 0.1) is 22.9 Å². The van der Waals surface area contributed by atoms with Crippen LogP contribution in [0.1, 0.15) is 36.5 Å².